The van der Waals surface area contributed by atoms with E-state index in [1.54, 1.807) is 18.2 Å². The van der Waals surface area contributed by atoms with Gasteiger partial charge in [-0.3, -0.25) is 9.79 Å². The van der Waals surface area contributed by atoms with Gasteiger partial charge in [0.1, 0.15) is 0 Å². The largest absolute Gasteiger partial charge is 0.349 e. The summed E-state index contributed by atoms with van der Waals surface area (Å²) in [4.78, 5) is 16.6. The number of anilines is 1. The second kappa shape index (κ2) is 5.93. The molecule has 3 aliphatic rings. The first-order chi connectivity index (χ1) is 11.4. The normalized spacial score (nSPS) is 27.5. The summed E-state index contributed by atoms with van der Waals surface area (Å²) < 4.78 is 23.2. The number of sulfone groups is 1. The van der Waals surface area contributed by atoms with Crippen molar-refractivity contribution in [1.82, 2.24) is 5.32 Å². The Morgan fingerprint density at radius 1 is 1.29 bits per heavy atom. The van der Waals surface area contributed by atoms with E-state index in [0.29, 0.717) is 27.5 Å². The molecule has 2 aliphatic heterocycles. The van der Waals surface area contributed by atoms with Crippen LogP contribution in [-0.2, 0) is 9.84 Å². The molecule has 0 spiro atoms. The molecule has 1 aromatic carbocycles. The van der Waals surface area contributed by atoms with E-state index in [0.717, 1.165) is 12.8 Å². The Bertz CT molecular complexity index is 836. The number of benzene rings is 1. The van der Waals surface area contributed by atoms with E-state index in [2.05, 4.69) is 15.6 Å². The summed E-state index contributed by atoms with van der Waals surface area (Å²) in [5.41, 5.74) is 1.15. The molecule has 0 radical (unpaired) electrons. The van der Waals surface area contributed by atoms with Crippen molar-refractivity contribution in [3.8, 4) is 0 Å². The predicted octanol–water partition coefficient (Wildman–Crippen LogP) is 1.91. The number of amides is 1. The van der Waals surface area contributed by atoms with Gasteiger partial charge in [0.2, 0.25) is 0 Å². The van der Waals surface area contributed by atoms with Crippen LogP contribution in [0.25, 0.3) is 0 Å². The average Bonchev–Trinajstić information content (AvgIpc) is 3.16. The van der Waals surface area contributed by atoms with E-state index in [4.69, 9.17) is 11.6 Å². The Balaban J connectivity index is 1.49. The molecule has 1 aliphatic carbocycles. The summed E-state index contributed by atoms with van der Waals surface area (Å²) in [6.45, 7) is 0. The van der Waals surface area contributed by atoms with Crippen LogP contribution in [0.1, 0.15) is 23.2 Å². The number of nitrogens with zero attached hydrogens (tertiary/aromatic N) is 1. The summed E-state index contributed by atoms with van der Waals surface area (Å²) in [6, 6.07) is 5.17. The van der Waals surface area contributed by atoms with Crippen LogP contribution in [0.15, 0.2) is 23.2 Å². The topological polar surface area (TPSA) is 87.6 Å². The first kappa shape index (κ1) is 16.2. The Kier molecular flexibility index (Phi) is 4.01. The van der Waals surface area contributed by atoms with Gasteiger partial charge >= 0.3 is 0 Å². The molecule has 2 fully saturated rings. The van der Waals surface area contributed by atoms with Crippen LogP contribution in [0.3, 0.4) is 0 Å². The van der Waals surface area contributed by atoms with Crippen LogP contribution in [0, 0.1) is 0 Å². The number of carbonyl (C=O) groups excluding carboxylic acids is 1. The smallest absolute Gasteiger partial charge is 0.251 e. The van der Waals surface area contributed by atoms with Crippen LogP contribution in [-0.4, -0.2) is 48.3 Å². The minimum atomic E-state index is -2.97. The van der Waals surface area contributed by atoms with E-state index < -0.39 is 9.84 Å². The van der Waals surface area contributed by atoms with Crippen LogP contribution in [0.5, 0.6) is 0 Å². The first-order valence-corrected chi connectivity index (χ1v) is 10.8. The van der Waals surface area contributed by atoms with Gasteiger partial charge in [0.25, 0.3) is 5.91 Å². The van der Waals surface area contributed by atoms with Gasteiger partial charge in [-0.25, -0.2) is 8.42 Å². The molecule has 1 saturated heterocycles. The molecule has 1 aromatic rings. The number of hydrogen-bond donors (Lipinski definition) is 2. The predicted molar refractivity (Wildman–Crippen MR) is 96.8 cm³/mol. The molecule has 9 heteroatoms. The third kappa shape index (κ3) is 3.41. The molecule has 6 nitrogen and oxygen atoms in total. The monoisotopic (exact) mass is 385 g/mol. The minimum absolute atomic E-state index is 0.0300. The van der Waals surface area contributed by atoms with Crippen molar-refractivity contribution in [2.75, 3.05) is 16.8 Å². The van der Waals surface area contributed by atoms with E-state index >= 15 is 0 Å². The zero-order chi connectivity index (χ0) is 16.9. The summed E-state index contributed by atoms with van der Waals surface area (Å²) in [7, 11) is -2.97. The van der Waals surface area contributed by atoms with Crippen molar-refractivity contribution >= 4 is 50.0 Å². The summed E-state index contributed by atoms with van der Waals surface area (Å²) in [5.74, 6) is 0.156. The maximum absolute atomic E-state index is 12.1. The summed E-state index contributed by atoms with van der Waals surface area (Å²) in [6.07, 6.45) is 2.06. The fourth-order valence-electron chi connectivity index (χ4n) is 2.79. The van der Waals surface area contributed by atoms with Gasteiger partial charge < -0.3 is 10.6 Å². The Hall–Kier alpha value is -1.25. The highest BCUT2D eigenvalue weighted by atomic mass is 35.5. The number of rotatable bonds is 3. The van der Waals surface area contributed by atoms with Crippen LogP contribution in [0.2, 0.25) is 5.02 Å². The Labute approximate surface area is 149 Å². The molecule has 2 atom stereocenters. The van der Waals surface area contributed by atoms with E-state index in [1.807, 2.05) is 0 Å². The zero-order valence-corrected chi connectivity index (χ0v) is 15.0. The average molecular weight is 386 g/mol. The molecule has 2 heterocycles. The SMILES string of the molecule is O=C(NC1CC1)c1ccc(Cl)c(NC2=N[C@H]3CS(=O)(=O)C[C@H]3S2)c1. The second-order valence-electron chi connectivity index (χ2n) is 6.30. The van der Waals surface area contributed by atoms with Crippen LogP contribution >= 0.6 is 23.4 Å². The number of amidine groups is 1. The van der Waals surface area contributed by atoms with Gasteiger partial charge in [-0.15, -0.1) is 0 Å². The number of aliphatic imine (C=N–C) groups is 1. The molecule has 24 heavy (non-hydrogen) atoms. The summed E-state index contributed by atoms with van der Waals surface area (Å²) in [5, 5.41) is 7.19. The lowest BCUT2D eigenvalue weighted by Gasteiger charge is -2.11. The van der Waals surface area contributed by atoms with Gasteiger partial charge in [0.15, 0.2) is 15.0 Å². The molecule has 1 saturated carbocycles. The first-order valence-electron chi connectivity index (χ1n) is 7.72. The van der Waals surface area contributed by atoms with Gasteiger partial charge in [-0.2, -0.15) is 0 Å². The maximum atomic E-state index is 12.1. The zero-order valence-electron chi connectivity index (χ0n) is 12.7. The fourth-order valence-corrected chi connectivity index (χ4v) is 6.62. The third-order valence-corrected chi connectivity index (χ3v) is 7.67. The standard InChI is InChI=1S/C15H16ClN3O3S2/c16-10-4-1-8(14(20)17-9-2-3-9)5-11(10)18-15-19-12-6-24(21,22)7-13(12)23-15/h1,4-5,9,12-13H,2-3,6-7H2,(H,17,20)(H,18,19)/t12-,13+/m0/s1. The van der Waals surface area contributed by atoms with Crippen LogP contribution in [0.4, 0.5) is 5.69 Å². The lowest BCUT2D eigenvalue weighted by Crippen LogP contribution is -2.25. The molecular formula is C15H16ClN3O3S2. The van der Waals surface area contributed by atoms with E-state index in [1.165, 1.54) is 11.8 Å². The lowest BCUT2D eigenvalue weighted by atomic mass is 10.2. The third-order valence-electron chi connectivity index (χ3n) is 4.20. The van der Waals surface area contributed by atoms with Crippen molar-refractivity contribution in [2.24, 2.45) is 4.99 Å². The van der Waals surface area contributed by atoms with Gasteiger partial charge in [-0.1, -0.05) is 23.4 Å². The fraction of sp³-hybridized carbons (Fsp3) is 0.467. The number of fused-ring (bicyclic) bond motifs is 1. The molecule has 0 unspecified atom stereocenters. The molecule has 128 valence electrons. The van der Waals surface area contributed by atoms with E-state index in [-0.39, 0.29) is 28.7 Å². The number of thioether (sulfide) groups is 1. The molecule has 2 N–H and O–H groups in total. The number of carbonyl (C=O) groups is 1. The maximum Gasteiger partial charge on any atom is 0.251 e. The molecule has 0 bridgehead atoms. The lowest BCUT2D eigenvalue weighted by molar-refractivity contribution is 0.0951. The number of hydrogen-bond acceptors (Lipinski definition) is 6. The van der Waals surface area contributed by atoms with Crippen LogP contribution < -0.4 is 10.6 Å². The highest BCUT2D eigenvalue weighted by Gasteiger charge is 2.42. The van der Waals surface area contributed by atoms with Crippen molar-refractivity contribution in [2.45, 2.75) is 30.2 Å². The molecular weight excluding hydrogens is 370 g/mol. The number of nitrogens with one attached hydrogen (secondary N) is 2. The minimum Gasteiger partial charge on any atom is -0.349 e. The quantitative estimate of drug-likeness (QED) is 0.829. The summed E-state index contributed by atoms with van der Waals surface area (Å²) >= 11 is 7.63. The van der Waals surface area contributed by atoms with Gasteiger partial charge in [0, 0.05) is 16.9 Å². The Morgan fingerprint density at radius 3 is 2.79 bits per heavy atom. The highest BCUT2D eigenvalue weighted by Crippen LogP contribution is 2.35. The molecule has 1 amide bonds. The van der Waals surface area contributed by atoms with Gasteiger partial charge in [-0.05, 0) is 31.0 Å². The van der Waals surface area contributed by atoms with Crippen molar-refractivity contribution in [1.29, 1.82) is 0 Å². The van der Waals surface area contributed by atoms with E-state index in [9.17, 15) is 13.2 Å². The van der Waals surface area contributed by atoms with Crippen molar-refractivity contribution in [3.63, 3.8) is 0 Å². The van der Waals surface area contributed by atoms with Crippen molar-refractivity contribution in [3.05, 3.63) is 28.8 Å². The molecule has 4 rings (SSSR count). The highest BCUT2D eigenvalue weighted by molar-refractivity contribution is 8.15. The molecule has 0 aromatic heterocycles. The Morgan fingerprint density at radius 2 is 2.08 bits per heavy atom. The number of halogens is 1. The van der Waals surface area contributed by atoms with Gasteiger partial charge in [0.05, 0.1) is 28.3 Å². The van der Waals surface area contributed by atoms with Crippen molar-refractivity contribution < 1.29 is 13.2 Å². The second-order valence-corrected chi connectivity index (χ2v) is 10.1.